The van der Waals surface area contributed by atoms with Gasteiger partial charge in [0.15, 0.2) is 11.2 Å². The Morgan fingerprint density at radius 1 is 1.25 bits per heavy atom. The van der Waals surface area contributed by atoms with E-state index in [1.807, 2.05) is 6.92 Å². The van der Waals surface area contributed by atoms with Gasteiger partial charge < -0.3 is 4.74 Å². The molecular formula is C15H18F2O3. The summed E-state index contributed by atoms with van der Waals surface area (Å²) in [5.74, 6) is -2.05. The van der Waals surface area contributed by atoms with Gasteiger partial charge in [-0.25, -0.2) is 8.78 Å². The van der Waals surface area contributed by atoms with Crippen LogP contribution in [0.4, 0.5) is 8.78 Å². The molecule has 0 heterocycles. The maximum Gasteiger partial charge on any atom is 0.325 e. The van der Waals surface area contributed by atoms with Gasteiger partial charge in [-0.15, -0.1) is 0 Å². The number of rotatable bonds is 6. The summed E-state index contributed by atoms with van der Waals surface area (Å²) < 4.78 is 31.5. The number of Topliss-reactive ketones (excluding diaryl/α,β-unsaturated/α-hetero) is 1. The maximum atomic E-state index is 13.4. The van der Waals surface area contributed by atoms with Gasteiger partial charge in [0.1, 0.15) is 0 Å². The molecule has 1 atom stereocenters. The van der Waals surface area contributed by atoms with Crippen LogP contribution in [0.3, 0.4) is 0 Å². The van der Waals surface area contributed by atoms with Crippen molar-refractivity contribution in [1.82, 2.24) is 0 Å². The van der Waals surface area contributed by atoms with Crippen molar-refractivity contribution < 1.29 is 23.1 Å². The fourth-order valence-electron chi connectivity index (χ4n) is 1.95. The van der Waals surface area contributed by atoms with Gasteiger partial charge in [0.25, 0.3) is 6.43 Å². The topological polar surface area (TPSA) is 43.4 Å². The molecule has 0 aromatic heterocycles. The molecule has 0 saturated carbocycles. The lowest BCUT2D eigenvalue weighted by atomic mass is 9.78. The van der Waals surface area contributed by atoms with E-state index >= 15 is 0 Å². The van der Waals surface area contributed by atoms with Crippen molar-refractivity contribution in [3.05, 3.63) is 35.4 Å². The molecule has 1 aromatic carbocycles. The van der Waals surface area contributed by atoms with Crippen LogP contribution in [0.2, 0.25) is 0 Å². The van der Waals surface area contributed by atoms with Crippen molar-refractivity contribution in [1.29, 1.82) is 0 Å². The Hall–Kier alpha value is -1.78. The molecule has 0 radical (unpaired) electrons. The highest BCUT2D eigenvalue weighted by molar-refractivity contribution is 6.03. The zero-order chi connectivity index (χ0) is 15.3. The highest BCUT2D eigenvalue weighted by Gasteiger charge is 2.53. The summed E-state index contributed by atoms with van der Waals surface area (Å²) in [5.41, 5.74) is -0.958. The monoisotopic (exact) mass is 284 g/mol. The molecule has 5 heteroatoms. The number of hydrogen-bond donors (Lipinski definition) is 0. The number of carbonyl (C=O) groups is 2. The standard InChI is InChI=1S/C15H18F2O3/c1-4-20-14(19)15(11(3)18,13(16)17)9-12-7-5-10(2)6-8-12/h5-8,13H,4,9H2,1-3H3. The fourth-order valence-corrected chi connectivity index (χ4v) is 1.95. The zero-order valence-electron chi connectivity index (χ0n) is 11.8. The third-order valence-corrected chi connectivity index (χ3v) is 3.24. The minimum atomic E-state index is -3.11. The van der Waals surface area contributed by atoms with Gasteiger partial charge in [-0.1, -0.05) is 29.8 Å². The van der Waals surface area contributed by atoms with Gasteiger partial charge in [0.2, 0.25) is 0 Å². The molecule has 0 bridgehead atoms. The lowest BCUT2D eigenvalue weighted by molar-refractivity contribution is -0.170. The van der Waals surface area contributed by atoms with Crippen LogP contribution in [0.15, 0.2) is 24.3 Å². The van der Waals surface area contributed by atoms with Gasteiger partial charge >= 0.3 is 5.97 Å². The fraction of sp³-hybridized carbons (Fsp3) is 0.467. The Morgan fingerprint density at radius 2 is 1.80 bits per heavy atom. The summed E-state index contributed by atoms with van der Waals surface area (Å²) in [6.07, 6.45) is -3.47. The molecule has 0 aliphatic carbocycles. The van der Waals surface area contributed by atoms with E-state index in [1.54, 1.807) is 24.3 Å². The first-order chi connectivity index (χ1) is 9.34. The second-order valence-electron chi connectivity index (χ2n) is 4.71. The summed E-state index contributed by atoms with van der Waals surface area (Å²) in [6, 6.07) is 6.76. The van der Waals surface area contributed by atoms with E-state index in [9.17, 15) is 18.4 Å². The molecule has 0 N–H and O–H groups in total. The van der Waals surface area contributed by atoms with Crippen LogP contribution in [-0.2, 0) is 20.7 Å². The van der Waals surface area contributed by atoms with Gasteiger partial charge in [0.05, 0.1) is 6.61 Å². The second-order valence-corrected chi connectivity index (χ2v) is 4.71. The lowest BCUT2D eigenvalue weighted by Crippen LogP contribution is -2.47. The van der Waals surface area contributed by atoms with Crippen molar-refractivity contribution in [2.45, 2.75) is 33.6 Å². The van der Waals surface area contributed by atoms with E-state index in [0.29, 0.717) is 5.56 Å². The summed E-state index contributed by atoms with van der Waals surface area (Å²) in [6.45, 7) is 4.33. The zero-order valence-corrected chi connectivity index (χ0v) is 11.8. The maximum absolute atomic E-state index is 13.4. The minimum absolute atomic E-state index is 0.0471. The molecule has 0 aliphatic heterocycles. The number of hydrogen-bond acceptors (Lipinski definition) is 3. The second kappa shape index (κ2) is 6.59. The Kier molecular flexibility index (Phi) is 5.36. The minimum Gasteiger partial charge on any atom is -0.465 e. The van der Waals surface area contributed by atoms with Crippen molar-refractivity contribution in [2.75, 3.05) is 6.61 Å². The first kappa shape index (κ1) is 16.3. The van der Waals surface area contributed by atoms with Gasteiger partial charge in [-0.3, -0.25) is 9.59 Å². The predicted molar refractivity (Wildman–Crippen MR) is 70.6 cm³/mol. The molecule has 3 nitrogen and oxygen atoms in total. The average molecular weight is 284 g/mol. The molecular weight excluding hydrogens is 266 g/mol. The average Bonchev–Trinajstić information content (AvgIpc) is 2.37. The molecule has 0 saturated heterocycles. The van der Waals surface area contributed by atoms with Crippen LogP contribution < -0.4 is 0 Å². The van der Waals surface area contributed by atoms with Crippen LogP contribution in [0.5, 0.6) is 0 Å². The molecule has 0 fully saturated rings. The highest BCUT2D eigenvalue weighted by atomic mass is 19.3. The van der Waals surface area contributed by atoms with Gasteiger partial charge in [0, 0.05) is 6.42 Å². The van der Waals surface area contributed by atoms with E-state index in [0.717, 1.165) is 12.5 Å². The molecule has 1 rings (SSSR count). The van der Waals surface area contributed by atoms with Gasteiger partial charge in [-0.2, -0.15) is 0 Å². The van der Waals surface area contributed by atoms with Crippen molar-refractivity contribution in [2.24, 2.45) is 5.41 Å². The molecule has 1 unspecified atom stereocenters. The quantitative estimate of drug-likeness (QED) is 0.596. The van der Waals surface area contributed by atoms with Crippen LogP contribution in [0.25, 0.3) is 0 Å². The molecule has 110 valence electrons. The molecule has 0 aliphatic rings. The lowest BCUT2D eigenvalue weighted by Gasteiger charge is -2.28. The largest absolute Gasteiger partial charge is 0.465 e. The van der Waals surface area contributed by atoms with Crippen molar-refractivity contribution in [3.8, 4) is 0 Å². The summed E-state index contributed by atoms with van der Waals surface area (Å²) >= 11 is 0. The van der Waals surface area contributed by atoms with E-state index < -0.39 is 23.6 Å². The summed E-state index contributed by atoms with van der Waals surface area (Å²) in [5, 5.41) is 0. The summed E-state index contributed by atoms with van der Waals surface area (Å²) in [7, 11) is 0. The van der Waals surface area contributed by atoms with Gasteiger partial charge in [-0.05, 0) is 26.3 Å². The van der Waals surface area contributed by atoms with Crippen LogP contribution >= 0.6 is 0 Å². The SMILES string of the molecule is CCOC(=O)C(Cc1ccc(C)cc1)(C(C)=O)C(F)F. The molecule has 20 heavy (non-hydrogen) atoms. The number of ketones is 1. The highest BCUT2D eigenvalue weighted by Crippen LogP contribution is 2.33. The first-order valence-electron chi connectivity index (χ1n) is 6.36. The Bertz CT molecular complexity index is 482. The predicted octanol–water partition coefficient (Wildman–Crippen LogP) is 2.94. The van der Waals surface area contributed by atoms with E-state index in [-0.39, 0.29) is 13.0 Å². The number of aryl methyl sites for hydroxylation is 1. The van der Waals surface area contributed by atoms with Crippen molar-refractivity contribution >= 4 is 11.8 Å². The first-order valence-corrected chi connectivity index (χ1v) is 6.36. The van der Waals surface area contributed by atoms with Crippen LogP contribution in [0, 0.1) is 12.3 Å². The number of ether oxygens (including phenoxy) is 1. The Morgan fingerprint density at radius 3 is 2.20 bits per heavy atom. The molecule has 0 amide bonds. The number of benzene rings is 1. The molecule has 0 spiro atoms. The third kappa shape index (κ3) is 3.21. The van der Waals surface area contributed by atoms with Crippen LogP contribution in [-0.4, -0.2) is 24.8 Å². The summed E-state index contributed by atoms with van der Waals surface area (Å²) in [4.78, 5) is 23.6. The third-order valence-electron chi connectivity index (χ3n) is 3.24. The molecule has 1 aromatic rings. The van der Waals surface area contributed by atoms with E-state index in [2.05, 4.69) is 4.74 Å². The van der Waals surface area contributed by atoms with E-state index in [1.165, 1.54) is 6.92 Å². The smallest absolute Gasteiger partial charge is 0.325 e. The van der Waals surface area contributed by atoms with E-state index in [4.69, 9.17) is 0 Å². The number of alkyl halides is 2. The van der Waals surface area contributed by atoms with Crippen molar-refractivity contribution in [3.63, 3.8) is 0 Å². The Balaban J connectivity index is 3.19. The number of carbonyl (C=O) groups excluding carboxylic acids is 2. The Labute approximate surface area is 116 Å². The number of halogens is 2. The van der Waals surface area contributed by atoms with Crippen LogP contribution in [0.1, 0.15) is 25.0 Å². The number of esters is 1. The normalized spacial score (nSPS) is 13.9.